The van der Waals surface area contributed by atoms with E-state index in [1.165, 1.54) is 0 Å². The molecule has 0 fully saturated rings. The molecule has 1 amide bonds. The molecule has 0 bridgehead atoms. The Labute approximate surface area is 114 Å². The molecule has 0 aliphatic rings. The number of carbonyl (C=O) groups excluding carboxylic acids is 1. The van der Waals surface area contributed by atoms with Gasteiger partial charge in [0, 0.05) is 13.0 Å². The van der Waals surface area contributed by atoms with Crippen molar-refractivity contribution < 1.29 is 14.6 Å². The highest BCUT2D eigenvalue weighted by Crippen LogP contribution is 2.26. The third-order valence-electron chi connectivity index (χ3n) is 2.68. The van der Waals surface area contributed by atoms with Gasteiger partial charge in [-0.1, -0.05) is 13.0 Å². The summed E-state index contributed by atoms with van der Waals surface area (Å²) >= 11 is 0. The summed E-state index contributed by atoms with van der Waals surface area (Å²) in [6.45, 7) is 4.80. The van der Waals surface area contributed by atoms with E-state index >= 15 is 0 Å². The molecule has 0 aromatic heterocycles. The Morgan fingerprint density at radius 3 is 2.84 bits per heavy atom. The number of rotatable bonds is 8. The van der Waals surface area contributed by atoms with Gasteiger partial charge in [0.1, 0.15) is 5.75 Å². The molecule has 0 radical (unpaired) electrons. The fourth-order valence-electron chi connectivity index (χ4n) is 1.67. The van der Waals surface area contributed by atoms with Crippen molar-refractivity contribution in [2.75, 3.05) is 18.5 Å². The Hall–Kier alpha value is -1.55. The van der Waals surface area contributed by atoms with Gasteiger partial charge >= 0.3 is 0 Å². The zero-order valence-electron chi connectivity index (χ0n) is 11.7. The normalized spacial score (nSPS) is 10.3. The molecule has 1 aromatic rings. The quantitative estimate of drug-likeness (QED) is 0.711. The van der Waals surface area contributed by atoms with Crippen molar-refractivity contribution in [3.63, 3.8) is 0 Å². The van der Waals surface area contributed by atoms with E-state index in [2.05, 4.69) is 5.32 Å². The third kappa shape index (κ3) is 5.75. The van der Waals surface area contributed by atoms with Crippen LogP contribution in [0.15, 0.2) is 18.2 Å². The van der Waals surface area contributed by atoms with Gasteiger partial charge in [0.15, 0.2) is 0 Å². The van der Waals surface area contributed by atoms with Crippen molar-refractivity contribution in [1.29, 1.82) is 0 Å². The summed E-state index contributed by atoms with van der Waals surface area (Å²) in [6, 6.07) is 5.74. The first kappa shape index (κ1) is 15.5. The van der Waals surface area contributed by atoms with Crippen molar-refractivity contribution in [3.8, 4) is 5.75 Å². The van der Waals surface area contributed by atoms with Gasteiger partial charge in [-0.3, -0.25) is 4.79 Å². The highest BCUT2D eigenvalue weighted by Gasteiger charge is 2.08. The van der Waals surface area contributed by atoms with E-state index in [0.717, 1.165) is 17.7 Å². The second-order valence-electron chi connectivity index (χ2n) is 4.58. The van der Waals surface area contributed by atoms with Crippen LogP contribution in [0, 0.1) is 6.92 Å². The van der Waals surface area contributed by atoms with Gasteiger partial charge in [-0.25, -0.2) is 0 Å². The van der Waals surface area contributed by atoms with Crippen LogP contribution in [-0.2, 0) is 4.79 Å². The zero-order valence-corrected chi connectivity index (χ0v) is 11.7. The van der Waals surface area contributed by atoms with Crippen molar-refractivity contribution >= 4 is 11.6 Å². The first-order valence-electron chi connectivity index (χ1n) is 6.81. The van der Waals surface area contributed by atoms with Gasteiger partial charge in [0.25, 0.3) is 0 Å². The summed E-state index contributed by atoms with van der Waals surface area (Å²) in [4.78, 5) is 11.7. The molecule has 1 rings (SSSR count). The summed E-state index contributed by atoms with van der Waals surface area (Å²) < 4.78 is 5.64. The van der Waals surface area contributed by atoms with Crippen LogP contribution in [0.4, 0.5) is 5.69 Å². The molecule has 0 saturated carbocycles. The predicted molar refractivity (Wildman–Crippen MR) is 76.5 cm³/mol. The Morgan fingerprint density at radius 2 is 2.16 bits per heavy atom. The van der Waals surface area contributed by atoms with Crippen molar-refractivity contribution in [1.82, 2.24) is 0 Å². The molecule has 0 aliphatic carbocycles. The number of anilines is 1. The highest BCUT2D eigenvalue weighted by atomic mass is 16.5. The Morgan fingerprint density at radius 1 is 1.37 bits per heavy atom. The number of nitrogens with one attached hydrogen (secondary N) is 1. The fraction of sp³-hybridized carbons (Fsp3) is 0.533. The first-order valence-corrected chi connectivity index (χ1v) is 6.81. The van der Waals surface area contributed by atoms with Crippen LogP contribution in [0.3, 0.4) is 0 Å². The summed E-state index contributed by atoms with van der Waals surface area (Å²) in [5.74, 6) is 0.677. The minimum Gasteiger partial charge on any atom is -0.491 e. The number of amides is 1. The molecular weight excluding hydrogens is 242 g/mol. The number of ether oxygens (including phenoxy) is 1. The lowest BCUT2D eigenvalue weighted by Crippen LogP contribution is -2.12. The van der Waals surface area contributed by atoms with Crippen molar-refractivity contribution in [2.24, 2.45) is 0 Å². The molecule has 106 valence electrons. The Kier molecular flexibility index (Phi) is 6.97. The molecule has 0 unspecified atom stereocenters. The van der Waals surface area contributed by atoms with Gasteiger partial charge in [-0.15, -0.1) is 0 Å². The average molecular weight is 265 g/mol. The maximum absolute atomic E-state index is 11.7. The SMILES string of the molecule is CCCOc1cc(C)ccc1NC(=O)CCCCO. The molecule has 1 aromatic carbocycles. The molecule has 19 heavy (non-hydrogen) atoms. The third-order valence-corrected chi connectivity index (χ3v) is 2.68. The lowest BCUT2D eigenvalue weighted by molar-refractivity contribution is -0.116. The summed E-state index contributed by atoms with van der Waals surface area (Å²) in [5.41, 5.74) is 1.82. The molecule has 4 heteroatoms. The molecule has 0 heterocycles. The predicted octanol–water partition coefficient (Wildman–Crippen LogP) is 2.88. The number of carbonyl (C=O) groups is 1. The van der Waals surface area contributed by atoms with Gasteiger partial charge < -0.3 is 15.2 Å². The molecule has 2 N–H and O–H groups in total. The van der Waals surface area contributed by atoms with Crippen LogP contribution in [0.2, 0.25) is 0 Å². The van der Waals surface area contributed by atoms with Gasteiger partial charge in [-0.05, 0) is 43.9 Å². The molecule has 0 aliphatic heterocycles. The number of hydrogen-bond acceptors (Lipinski definition) is 3. The van der Waals surface area contributed by atoms with E-state index in [9.17, 15) is 4.79 Å². The minimum atomic E-state index is -0.0429. The first-order chi connectivity index (χ1) is 9.17. The van der Waals surface area contributed by atoms with Crippen molar-refractivity contribution in [3.05, 3.63) is 23.8 Å². The number of aryl methyl sites for hydroxylation is 1. The van der Waals surface area contributed by atoms with Crippen LogP contribution in [-0.4, -0.2) is 24.2 Å². The molecule has 4 nitrogen and oxygen atoms in total. The van der Waals surface area contributed by atoms with E-state index in [0.29, 0.717) is 31.6 Å². The van der Waals surface area contributed by atoms with E-state index in [-0.39, 0.29) is 12.5 Å². The molecular formula is C15H23NO3. The van der Waals surface area contributed by atoms with Crippen LogP contribution in [0.1, 0.15) is 38.2 Å². The summed E-state index contributed by atoms with van der Waals surface area (Å²) in [7, 11) is 0. The van der Waals surface area contributed by atoms with E-state index in [1.54, 1.807) is 0 Å². The van der Waals surface area contributed by atoms with E-state index in [1.807, 2.05) is 32.0 Å². The van der Waals surface area contributed by atoms with Crippen LogP contribution in [0.5, 0.6) is 5.75 Å². The number of aliphatic hydroxyl groups is 1. The molecule has 0 spiro atoms. The summed E-state index contributed by atoms with van der Waals surface area (Å²) in [6.07, 6.45) is 2.69. The number of unbranched alkanes of at least 4 members (excludes halogenated alkanes) is 1. The number of benzene rings is 1. The highest BCUT2D eigenvalue weighted by molar-refractivity contribution is 5.92. The maximum Gasteiger partial charge on any atom is 0.224 e. The zero-order chi connectivity index (χ0) is 14.1. The maximum atomic E-state index is 11.7. The molecule has 0 saturated heterocycles. The number of hydrogen-bond donors (Lipinski definition) is 2. The lowest BCUT2D eigenvalue weighted by atomic mass is 10.2. The van der Waals surface area contributed by atoms with Crippen LogP contribution in [0.25, 0.3) is 0 Å². The monoisotopic (exact) mass is 265 g/mol. The largest absolute Gasteiger partial charge is 0.491 e. The summed E-state index contributed by atoms with van der Waals surface area (Å²) in [5, 5.41) is 11.5. The standard InChI is InChI=1S/C15H23NO3/c1-3-10-19-14-11-12(2)7-8-13(14)16-15(18)6-4-5-9-17/h7-8,11,17H,3-6,9-10H2,1-2H3,(H,16,18). The van der Waals surface area contributed by atoms with Crippen molar-refractivity contribution in [2.45, 2.75) is 39.5 Å². The van der Waals surface area contributed by atoms with Gasteiger partial charge in [-0.2, -0.15) is 0 Å². The smallest absolute Gasteiger partial charge is 0.224 e. The Bertz CT molecular complexity index is 404. The topological polar surface area (TPSA) is 58.6 Å². The van der Waals surface area contributed by atoms with E-state index < -0.39 is 0 Å². The van der Waals surface area contributed by atoms with Crippen LogP contribution >= 0.6 is 0 Å². The fourth-order valence-corrected chi connectivity index (χ4v) is 1.67. The van der Waals surface area contributed by atoms with Gasteiger partial charge in [0.05, 0.1) is 12.3 Å². The second kappa shape index (κ2) is 8.53. The average Bonchev–Trinajstić information content (AvgIpc) is 2.39. The minimum absolute atomic E-state index is 0.0429. The number of aliphatic hydroxyl groups excluding tert-OH is 1. The van der Waals surface area contributed by atoms with Crippen LogP contribution < -0.4 is 10.1 Å². The molecule has 0 atom stereocenters. The Balaban J connectivity index is 2.62. The van der Waals surface area contributed by atoms with Gasteiger partial charge in [0.2, 0.25) is 5.91 Å². The second-order valence-corrected chi connectivity index (χ2v) is 4.58. The lowest BCUT2D eigenvalue weighted by Gasteiger charge is -2.13. The van der Waals surface area contributed by atoms with E-state index in [4.69, 9.17) is 9.84 Å².